The maximum atomic E-state index is 13.6. The first kappa shape index (κ1) is 11.7. The van der Waals surface area contributed by atoms with Crippen molar-refractivity contribution in [2.75, 3.05) is 0 Å². The predicted octanol–water partition coefficient (Wildman–Crippen LogP) is 3.54. The summed E-state index contributed by atoms with van der Waals surface area (Å²) in [4.78, 5) is 0. The molecule has 92 valence electrons. The minimum atomic E-state index is -0.360. The Morgan fingerprint density at radius 1 is 1.35 bits per heavy atom. The van der Waals surface area contributed by atoms with Crippen molar-refractivity contribution < 1.29 is 9.50 Å². The predicted molar refractivity (Wildman–Crippen MR) is 68.1 cm³/mol. The molecule has 0 bridgehead atoms. The van der Waals surface area contributed by atoms with Crippen molar-refractivity contribution >= 4 is 15.9 Å². The van der Waals surface area contributed by atoms with Gasteiger partial charge in [-0.25, -0.2) is 4.39 Å². The molecule has 3 heteroatoms. The fourth-order valence-corrected chi connectivity index (χ4v) is 3.83. The molecule has 0 heterocycles. The van der Waals surface area contributed by atoms with Crippen LogP contribution in [0.25, 0.3) is 0 Å². The number of hydrogen-bond donors (Lipinski definition) is 1. The van der Waals surface area contributed by atoms with Crippen LogP contribution in [0.4, 0.5) is 4.39 Å². The van der Waals surface area contributed by atoms with Gasteiger partial charge in [-0.1, -0.05) is 28.4 Å². The van der Waals surface area contributed by atoms with Crippen LogP contribution in [-0.4, -0.2) is 11.2 Å². The van der Waals surface area contributed by atoms with Crippen molar-refractivity contribution in [1.82, 2.24) is 0 Å². The van der Waals surface area contributed by atoms with Gasteiger partial charge in [0.05, 0.1) is 6.10 Å². The first-order valence-corrected chi connectivity index (χ1v) is 7.08. The smallest absolute Gasteiger partial charge is 0.127 e. The Hall–Kier alpha value is -0.410. The molecule has 0 amide bonds. The van der Waals surface area contributed by atoms with Gasteiger partial charge in [-0.15, -0.1) is 0 Å². The van der Waals surface area contributed by atoms with Crippen LogP contribution in [0.3, 0.4) is 0 Å². The second-order valence-corrected chi connectivity index (χ2v) is 6.26. The molecule has 17 heavy (non-hydrogen) atoms. The highest BCUT2D eigenvalue weighted by Gasteiger charge is 2.55. The summed E-state index contributed by atoms with van der Waals surface area (Å²) in [7, 11) is 0. The van der Waals surface area contributed by atoms with E-state index >= 15 is 0 Å². The Kier molecular flexibility index (Phi) is 2.99. The van der Waals surface area contributed by atoms with Crippen molar-refractivity contribution in [2.45, 2.75) is 31.8 Å². The zero-order valence-corrected chi connectivity index (χ0v) is 11.2. The van der Waals surface area contributed by atoms with Crippen LogP contribution in [-0.2, 0) is 6.42 Å². The summed E-state index contributed by atoms with van der Waals surface area (Å²) in [5, 5.41) is 10.2. The van der Waals surface area contributed by atoms with E-state index in [1.807, 2.05) is 6.07 Å². The van der Waals surface area contributed by atoms with Gasteiger partial charge in [-0.2, -0.15) is 0 Å². The molecular formula is C14H16BrFO. The fourth-order valence-electron chi connectivity index (χ4n) is 3.50. The molecule has 0 aliphatic heterocycles. The van der Waals surface area contributed by atoms with Crippen molar-refractivity contribution in [3.05, 3.63) is 34.1 Å². The third-order valence-corrected chi connectivity index (χ3v) is 4.85. The van der Waals surface area contributed by atoms with E-state index in [0.717, 1.165) is 16.3 Å². The topological polar surface area (TPSA) is 20.2 Å². The lowest BCUT2D eigenvalue weighted by molar-refractivity contribution is 0.134. The van der Waals surface area contributed by atoms with Crippen LogP contribution in [0.5, 0.6) is 0 Å². The second kappa shape index (κ2) is 4.36. The van der Waals surface area contributed by atoms with Gasteiger partial charge in [-0.05, 0) is 48.3 Å². The van der Waals surface area contributed by atoms with E-state index in [1.165, 1.54) is 25.3 Å². The monoisotopic (exact) mass is 298 g/mol. The molecule has 2 aliphatic carbocycles. The molecular weight excluding hydrogens is 283 g/mol. The van der Waals surface area contributed by atoms with Crippen LogP contribution < -0.4 is 0 Å². The molecule has 2 aliphatic rings. The molecule has 1 N–H and O–H groups in total. The Morgan fingerprint density at radius 2 is 2.06 bits per heavy atom. The summed E-state index contributed by atoms with van der Waals surface area (Å²) < 4.78 is 14.4. The summed E-state index contributed by atoms with van der Waals surface area (Å²) in [6.45, 7) is 0. The van der Waals surface area contributed by atoms with Gasteiger partial charge >= 0.3 is 0 Å². The normalized spacial score (nSPS) is 32.3. The average Bonchev–Trinajstić information content (AvgIpc) is 2.77. The van der Waals surface area contributed by atoms with Crippen LogP contribution in [0.1, 0.15) is 24.8 Å². The first-order chi connectivity index (χ1) is 8.16. The fraction of sp³-hybridized carbons (Fsp3) is 0.571. The van der Waals surface area contributed by atoms with Crippen molar-refractivity contribution in [3.8, 4) is 0 Å². The zero-order valence-electron chi connectivity index (χ0n) is 9.57. The molecule has 0 aromatic heterocycles. The van der Waals surface area contributed by atoms with E-state index in [0.29, 0.717) is 17.9 Å². The summed E-state index contributed by atoms with van der Waals surface area (Å²) in [5.41, 5.74) is 0.630. The lowest BCUT2D eigenvalue weighted by Crippen LogP contribution is -2.17. The second-order valence-electron chi connectivity index (χ2n) is 5.34. The highest BCUT2D eigenvalue weighted by molar-refractivity contribution is 9.10. The summed E-state index contributed by atoms with van der Waals surface area (Å²) in [6, 6.07) is 5.06. The van der Waals surface area contributed by atoms with Gasteiger partial charge in [0.2, 0.25) is 0 Å². The summed E-state index contributed by atoms with van der Waals surface area (Å²) in [6.07, 6.45) is 3.92. The molecule has 3 atom stereocenters. The number of hydrogen-bond acceptors (Lipinski definition) is 1. The zero-order chi connectivity index (χ0) is 12.0. The molecule has 2 fully saturated rings. The minimum Gasteiger partial charge on any atom is -0.392 e. The van der Waals surface area contributed by atoms with Crippen molar-refractivity contribution in [3.63, 3.8) is 0 Å². The third kappa shape index (κ3) is 2.15. The Bertz CT molecular complexity index is 424. The average molecular weight is 299 g/mol. The molecule has 0 spiro atoms. The van der Waals surface area contributed by atoms with E-state index in [2.05, 4.69) is 15.9 Å². The van der Waals surface area contributed by atoms with Crippen molar-refractivity contribution in [1.29, 1.82) is 0 Å². The molecule has 2 saturated carbocycles. The minimum absolute atomic E-state index is 0.218. The van der Waals surface area contributed by atoms with E-state index in [9.17, 15) is 9.50 Å². The number of aliphatic hydroxyl groups is 1. The molecule has 1 nitrogen and oxygen atoms in total. The lowest BCUT2D eigenvalue weighted by Gasteiger charge is -2.13. The number of aliphatic hydroxyl groups excluding tert-OH is 1. The molecule has 3 rings (SSSR count). The van der Waals surface area contributed by atoms with Gasteiger partial charge in [0.15, 0.2) is 0 Å². The standard InChI is InChI=1S/C14H16BrFO/c15-9-5-4-8(12(16)7-9)6-13(17)14-10-2-1-3-11(10)14/h4-5,7,10-11,13-14,17H,1-3,6H2. The number of benzene rings is 1. The SMILES string of the molecule is OC(Cc1ccc(Br)cc1F)C1C2CCCC21. The van der Waals surface area contributed by atoms with Crippen LogP contribution in [0.2, 0.25) is 0 Å². The third-order valence-electron chi connectivity index (χ3n) is 4.36. The van der Waals surface area contributed by atoms with E-state index in [-0.39, 0.29) is 11.9 Å². The summed E-state index contributed by atoms with van der Waals surface area (Å²) in [5.74, 6) is 1.67. The Morgan fingerprint density at radius 3 is 2.71 bits per heavy atom. The van der Waals surface area contributed by atoms with Crippen LogP contribution >= 0.6 is 15.9 Å². The summed E-state index contributed by atoms with van der Waals surface area (Å²) >= 11 is 3.24. The largest absolute Gasteiger partial charge is 0.392 e. The molecule has 1 aromatic rings. The molecule has 3 unspecified atom stereocenters. The maximum Gasteiger partial charge on any atom is 0.127 e. The molecule has 0 radical (unpaired) electrons. The highest BCUT2D eigenvalue weighted by Crippen LogP contribution is 2.59. The van der Waals surface area contributed by atoms with E-state index in [4.69, 9.17) is 0 Å². The van der Waals surface area contributed by atoms with Gasteiger partial charge in [-0.3, -0.25) is 0 Å². The Labute approximate surface area is 109 Å². The lowest BCUT2D eigenvalue weighted by atomic mass is 9.99. The number of halogens is 2. The quantitative estimate of drug-likeness (QED) is 0.905. The van der Waals surface area contributed by atoms with Gasteiger partial charge < -0.3 is 5.11 Å². The van der Waals surface area contributed by atoms with Crippen molar-refractivity contribution in [2.24, 2.45) is 17.8 Å². The number of fused-ring (bicyclic) bond motifs is 1. The van der Waals surface area contributed by atoms with E-state index in [1.54, 1.807) is 6.07 Å². The van der Waals surface area contributed by atoms with Crippen LogP contribution in [0.15, 0.2) is 22.7 Å². The van der Waals surface area contributed by atoms with Gasteiger partial charge in [0.25, 0.3) is 0 Å². The van der Waals surface area contributed by atoms with Crippen LogP contribution in [0, 0.1) is 23.6 Å². The molecule has 1 aromatic carbocycles. The first-order valence-electron chi connectivity index (χ1n) is 6.29. The number of rotatable bonds is 3. The Balaban J connectivity index is 1.66. The van der Waals surface area contributed by atoms with E-state index < -0.39 is 0 Å². The van der Waals surface area contributed by atoms with Gasteiger partial charge in [0, 0.05) is 10.9 Å². The highest BCUT2D eigenvalue weighted by atomic mass is 79.9. The maximum absolute atomic E-state index is 13.6. The molecule has 0 saturated heterocycles. The van der Waals surface area contributed by atoms with Gasteiger partial charge in [0.1, 0.15) is 5.82 Å².